The summed E-state index contributed by atoms with van der Waals surface area (Å²) in [5.74, 6) is 0. The van der Waals surface area contributed by atoms with Gasteiger partial charge in [-0.25, -0.2) is 0 Å². The highest BCUT2D eigenvalue weighted by atomic mass is 32.1. The molecule has 0 aliphatic heterocycles. The van der Waals surface area contributed by atoms with Crippen LogP contribution in [0.4, 0.5) is 17.1 Å². The first-order valence-electron chi connectivity index (χ1n) is 17.7. The van der Waals surface area contributed by atoms with Crippen LogP contribution in [-0.4, -0.2) is 0 Å². The molecule has 2 heteroatoms. The monoisotopic (exact) mass is 679 g/mol. The van der Waals surface area contributed by atoms with Crippen LogP contribution in [0.1, 0.15) is 0 Å². The van der Waals surface area contributed by atoms with E-state index in [1.807, 2.05) is 11.3 Å². The Labute approximate surface area is 307 Å². The van der Waals surface area contributed by atoms with E-state index in [1.54, 1.807) is 0 Å². The SMILES string of the molecule is c1ccc(-c2ccc(N(c3ccc4cc(-c5cccc(-c6ccc7ccccc7c6)c5)ccc4c3)c3ccc4c(c3)sc3ccccc34)cc2)cc1. The summed E-state index contributed by atoms with van der Waals surface area (Å²) in [6.45, 7) is 0. The zero-order chi connectivity index (χ0) is 34.4. The number of hydrogen-bond acceptors (Lipinski definition) is 2. The molecule has 244 valence electrons. The molecule has 0 atom stereocenters. The lowest BCUT2D eigenvalue weighted by molar-refractivity contribution is 1.30. The Morgan fingerprint density at radius 1 is 0.269 bits per heavy atom. The smallest absolute Gasteiger partial charge is 0.0476 e. The Balaban J connectivity index is 1.04. The van der Waals surface area contributed by atoms with Crippen molar-refractivity contribution in [3.05, 3.63) is 200 Å². The number of fused-ring (bicyclic) bond motifs is 5. The molecule has 10 aromatic rings. The molecule has 0 unspecified atom stereocenters. The number of thiophene rings is 1. The molecule has 0 saturated heterocycles. The molecule has 1 nitrogen and oxygen atoms in total. The van der Waals surface area contributed by atoms with Gasteiger partial charge in [-0.3, -0.25) is 0 Å². The summed E-state index contributed by atoms with van der Waals surface area (Å²) >= 11 is 1.86. The molecule has 1 aromatic heterocycles. The van der Waals surface area contributed by atoms with Crippen molar-refractivity contribution in [1.29, 1.82) is 0 Å². The van der Waals surface area contributed by atoms with Crippen LogP contribution in [0.15, 0.2) is 200 Å². The summed E-state index contributed by atoms with van der Waals surface area (Å²) in [5.41, 5.74) is 10.7. The van der Waals surface area contributed by atoms with Crippen molar-refractivity contribution in [2.45, 2.75) is 0 Å². The summed E-state index contributed by atoms with van der Waals surface area (Å²) in [7, 11) is 0. The zero-order valence-electron chi connectivity index (χ0n) is 28.4. The second-order valence-electron chi connectivity index (χ2n) is 13.4. The van der Waals surface area contributed by atoms with E-state index in [2.05, 4.69) is 205 Å². The molecule has 10 rings (SSSR count). The van der Waals surface area contributed by atoms with Crippen LogP contribution in [0.2, 0.25) is 0 Å². The summed E-state index contributed by atoms with van der Waals surface area (Å²) in [4.78, 5) is 2.39. The van der Waals surface area contributed by atoms with Crippen molar-refractivity contribution in [3.8, 4) is 33.4 Å². The topological polar surface area (TPSA) is 3.24 Å². The number of nitrogens with zero attached hydrogens (tertiary/aromatic N) is 1. The van der Waals surface area contributed by atoms with Gasteiger partial charge in [0.25, 0.3) is 0 Å². The van der Waals surface area contributed by atoms with Gasteiger partial charge in [0, 0.05) is 37.2 Å². The molecule has 0 aliphatic carbocycles. The Hall–Kier alpha value is -6.48. The van der Waals surface area contributed by atoms with E-state index in [9.17, 15) is 0 Å². The van der Waals surface area contributed by atoms with Gasteiger partial charge in [0.15, 0.2) is 0 Å². The summed E-state index contributed by atoms with van der Waals surface area (Å²) in [6.07, 6.45) is 0. The maximum absolute atomic E-state index is 2.39. The second kappa shape index (κ2) is 12.7. The molecule has 1 heterocycles. The number of benzene rings is 9. The third-order valence-corrected chi connectivity index (χ3v) is 11.3. The van der Waals surface area contributed by atoms with Crippen LogP contribution in [-0.2, 0) is 0 Å². The fourth-order valence-electron chi connectivity index (χ4n) is 7.53. The van der Waals surface area contributed by atoms with E-state index in [-0.39, 0.29) is 0 Å². The van der Waals surface area contributed by atoms with Crippen LogP contribution < -0.4 is 4.90 Å². The Bertz CT molecular complexity index is 2900. The summed E-state index contributed by atoms with van der Waals surface area (Å²) in [6, 6.07) is 73.0. The van der Waals surface area contributed by atoms with E-state index in [0.29, 0.717) is 0 Å². The highest BCUT2D eigenvalue weighted by Gasteiger charge is 2.16. The molecule has 0 aliphatic rings. The molecule has 0 amide bonds. The Morgan fingerprint density at radius 3 is 1.58 bits per heavy atom. The highest BCUT2D eigenvalue weighted by Crippen LogP contribution is 2.42. The van der Waals surface area contributed by atoms with Gasteiger partial charge in [-0.05, 0) is 116 Å². The average molecular weight is 680 g/mol. The van der Waals surface area contributed by atoms with Gasteiger partial charge in [0.2, 0.25) is 0 Å². The fourth-order valence-corrected chi connectivity index (χ4v) is 8.67. The largest absolute Gasteiger partial charge is 0.310 e. The first-order chi connectivity index (χ1) is 25.7. The van der Waals surface area contributed by atoms with Gasteiger partial charge in [0.05, 0.1) is 0 Å². The molecule has 0 saturated carbocycles. The standard InChI is InChI=1S/C50H33NS/c1-2-9-34(10-3-1)36-21-24-44(25-22-36)51(46-27-28-48-47-15-6-7-16-49(47)52-50(48)33-46)45-26-23-42-31-41(19-20-43(42)32-45)39-14-8-13-38(30-39)40-18-17-35-11-4-5-12-37(35)29-40/h1-33H. The van der Waals surface area contributed by atoms with E-state index in [0.717, 1.165) is 17.1 Å². The van der Waals surface area contributed by atoms with Crippen molar-refractivity contribution >= 4 is 70.1 Å². The minimum absolute atomic E-state index is 1.13. The first kappa shape index (κ1) is 30.4. The van der Waals surface area contributed by atoms with E-state index in [4.69, 9.17) is 0 Å². The van der Waals surface area contributed by atoms with Crippen molar-refractivity contribution in [2.75, 3.05) is 4.90 Å². The zero-order valence-corrected chi connectivity index (χ0v) is 29.2. The maximum Gasteiger partial charge on any atom is 0.0476 e. The van der Waals surface area contributed by atoms with Crippen LogP contribution in [0, 0.1) is 0 Å². The maximum atomic E-state index is 2.39. The van der Waals surface area contributed by atoms with Crippen LogP contribution in [0.3, 0.4) is 0 Å². The van der Waals surface area contributed by atoms with Gasteiger partial charge in [-0.15, -0.1) is 11.3 Å². The van der Waals surface area contributed by atoms with Crippen molar-refractivity contribution in [2.24, 2.45) is 0 Å². The van der Waals surface area contributed by atoms with E-state index >= 15 is 0 Å². The average Bonchev–Trinajstić information content (AvgIpc) is 3.59. The minimum atomic E-state index is 1.13. The van der Waals surface area contributed by atoms with Crippen molar-refractivity contribution < 1.29 is 0 Å². The molecule has 0 bridgehead atoms. The molecule has 0 radical (unpaired) electrons. The lowest BCUT2D eigenvalue weighted by Gasteiger charge is -2.26. The minimum Gasteiger partial charge on any atom is -0.310 e. The normalized spacial score (nSPS) is 11.5. The van der Waals surface area contributed by atoms with Gasteiger partial charge >= 0.3 is 0 Å². The van der Waals surface area contributed by atoms with Gasteiger partial charge in [-0.2, -0.15) is 0 Å². The molecule has 9 aromatic carbocycles. The predicted molar refractivity (Wildman–Crippen MR) is 225 cm³/mol. The molecular weight excluding hydrogens is 647 g/mol. The molecule has 0 spiro atoms. The third kappa shape index (κ3) is 5.51. The molecule has 52 heavy (non-hydrogen) atoms. The number of hydrogen-bond donors (Lipinski definition) is 0. The number of anilines is 3. The van der Waals surface area contributed by atoms with E-state index in [1.165, 1.54) is 75.1 Å². The lowest BCUT2D eigenvalue weighted by atomic mass is 9.96. The Morgan fingerprint density at radius 2 is 0.769 bits per heavy atom. The van der Waals surface area contributed by atoms with Crippen molar-refractivity contribution in [3.63, 3.8) is 0 Å². The summed E-state index contributed by atoms with van der Waals surface area (Å²) in [5, 5.41) is 7.57. The predicted octanol–water partition coefficient (Wildman–Crippen LogP) is 14.8. The molecular formula is C50H33NS. The van der Waals surface area contributed by atoms with Gasteiger partial charge < -0.3 is 4.90 Å². The van der Waals surface area contributed by atoms with Crippen LogP contribution in [0.25, 0.3) is 75.1 Å². The number of rotatable bonds is 6. The summed E-state index contributed by atoms with van der Waals surface area (Å²) < 4.78 is 2.61. The van der Waals surface area contributed by atoms with E-state index < -0.39 is 0 Å². The second-order valence-corrected chi connectivity index (χ2v) is 14.5. The molecule has 0 N–H and O–H groups in total. The lowest BCUT2D eigenvalue weighted by Crippen LogP contribution is -2.09. The van der Waals surface area contributed by atoms with Crippen LogP contribution in [0.5, 0.6) is 0 Å². The third-order valence-electron chi connectivity index (χ3n) is 10.2. The fraction of sp³-hybridized carbons (Fsp3) is 0. The quantitative estimate of drug-likeness (QED) is 0.169. The van der Waals surface area contributed by atoms with Crippen LogP contribution >= 0.6 is 11.3 Å². The van der Waals surface area contributed by atoms with Gasteiger partial charge in [-0.1, -0.05) is 140 Å². The molecule has 0 fully saturated rings. The highest BCUT2D eigenvalue weighted by molar-refractivity contribution is 7.25. The first-order valence-corrected chi connectivity index (χ1v) is 18.6. The Kier molecular flexibility index (Phi) is 7.41. The van der Waals surface area contributed by atoms with Crippen molar-refractivity contribution in [1.82, 2.24) is 0 Å². The van der Waals surface area contributed by atoms with Gasteiger partial charge in [0.1, 0.15) is 0 Å².